The molecule has 0 aliphatic carbocycles. The number of aliphatic hydroxyl groups excluding tert-OH is 1. The van der Waals surface area contributed by atoms with Gasteiger partial charge in [-0.3, -0.25) is 14.4 Å². The van der Waals surface area contributed by atoms with Gasteiger partial charge in [0.1, 0.15) is 0 Å². The van der Waals surface area contributed by atoms with Crippen LogP contribution in [0.15, 0.2) is 12.1 Å². The fraction of sp³-hybridized carbons (Fsp3) is 0.421. The van der Waals surface area contributed by atoms with Gasteiger partial charge in [-0.1, -0.05) is 24.0 Å². The van der Waals surface area contributed by atoms with E-state index in [9.17, 15) is 19.5 Å². The molecule has 140 valence electrons. The average molecular weight is 359 g/mol. The third-order valence-electron chi connectivity index (χ3n) is 3.46. The molecule has 4 N–H and O–H groups in total. The zero-order chi connectivity index (χ0) is 19.5. The second-order valence-corrected chi connectivity index (χ2v) is 5.79. The maximum atomic E-state index is 11.3. The molecule has 0 aromatic heterocycles. The van der Waals surface area contributed by atoms with Gasteiger partial charge in [-0.05, 0) is 23.1 Å². The van der Waals surface area contributed by atoms with Crippen molar-refractivity contribution in [1.29, 1.82) is 0 Å². The third kappa shape index (κ3) is 7.81. The summed E-state index contributed by atoms with van der Waals surface area (Å²) in [5, 5.41) is 17.3. The number of benzene rings is 1. The molecule has 0 unspecified atom stereocenters. The van der Waals surface area contributed by atoms with Gasteiger partial charge in [-0.2, -0.15) is 0 Å². The van der Waals surface area contributed by atoms with Crippen molar-refractivity contribution in [3.63, 3.8) is 0 Å². The van der Waals surface area contributed by atoms with Gasteiger partial charge in [-0.15, -0.1) is 0 Å². The van der Waals surface area contributed by atoms with Crippen LogP contribution in [0.5, 0.6) is 0 Å². The number of hydrogen-bond acceptors (Lipinski definition) is 4. The molecule has 0 fully saturated rings. The van der Waals surface area contributed by atoms with Crippen molar-refractivity contribution in [2.24, 2.45) is 0 Å². The molecule has 7 heteroatoms. The topological polar surface area (TPSA) is 108 Å². The fourth-order valence-electron chi connectivity index (χ4n) is 2.29. The van der Waals surface area contributed by atoms with Gasteiger partial charge in [0, 0.05) is 46.0 Å². The lowest BCUT2D eigenvalue weighted by Gasteiger charge is -2.14. The Morgan fingerprint density at radius 3 is 1.85 bits per heavy atom. The van der Waals surface area contributed by atoms with Crippen LogP contribution >= 0.6 is 0 Å². The van der Waals surface area contributed by atoms with Crippen molar-refractivity contribution in [1.82, 2.24) is 16.0 Å². The van der Waals surface area contributed by atoms with Crippen LogP contribution in [0.25, 0.3) is 0 Å². The maximum absolute atomic E-state index is 11.3. The van der Waals surface area contributed by atoms with E-state index in [0.717, 1.165) is 16.7 Å². The molecule has 0 bridgehead atoms. The predicted octanol–water partition coefficient (Wildman–Crippen LogP) is -0.0188. The number of nitrogens with one attached hydrogen (secondary N) is 3. The zero-order valence-corrected chi connectivity index (χ0v) is 15.4. The van der Waals surface area contributed by atoms with Crippen LogP contribution < -0.4 is 16.0 Å². The van der Waals surface area contributed by atoms with Gasteiger partial charge in [0.2, 0.25) is 17.7 Å². The molecule has 0 saturated carbocycles. The van der Waals surface area contributed by atoms with Crippen molar-refractivity contribution in [2.45, 2.75) is 40.3 Å². The Labute approximate surface area is 153 Å². The Morgan fingerprint density at radius 2 is 1.42 bits per heavy atom. The molecule has 7 nitrogen and oxygen atoms in total. The van der Waals surface area contributed by atoms with E-state index in [1.165, 1.54) is 20.8 Å². The highest BCUT2D eigenvalue weighted by Gasteiger charge is 2.11. The third-order valence-corrected chi connectivity index (χ3v) is 3.46. The van der Waals surface area contributed by atoms with Gasteiger partial charge in [0.25, 0.3) is 0 Å². The molecule has 0 radical (unpaired) electrons. The second-order valence-electron chi connectivity index (χ2n) is 5.79. The normalized spacial score (nSPS) is 9.69. The molecule has 0 heterocycles. The molecule has 1 aromatic carbocycles. The Bertz CT molecular complexity index is 693. The second kappa shape index (κ2) is 10.9. The smallest absolute Gasteiger partial charge is 0.217 e. The maximum Gasteiger partial charge on any atom is 0.217 e. The summed E-state index contributed by atoms with van der Waals surface area (Å²) in [4.78, 5) is 33.5. The van der Waals surface area contributed by atoms with Crippen LogP contribution in [-0.4, -0.2) is 36.0 Å². The van der Waals surface area contributed by atoms with E-state index < -0.39 is 0 Å². The quantitative estimate of drug-likeness (QED) is 0.513. The first-order valence-electron chi connectivity index (χ1n) is 8.31. The van der Waals surface area contributed by atoms with Crippen LogP contribution in [-0.2, 0) is 33.9 Å². The number of aliphatic hydroxyl groups is 1. The summed E-state index contributed by atoms with van der Waals surface area (Å²) in [5.41, 5.74) is 3.17. The highest BCUT2D eigenvalue weighted by molar-refractivity contribution is 5.74. The number of hydrogen-bond donors (Lipinski definition) is 4. The van der Waals surface area contributed by atoms with Crippen LogP contribution in [0.2, 0.25) is 0 Å². The number of amides is 3. The van der Waals surface area contributed by atoms with Crippen LogP contribution in [0.3, 0.4) is 0 Å². The summed E-state index contributed by atoms with van der Waals surface area (Å²) in [6.07, 6.45) is 0.458. The van der Waals surface area contributed by atoms with Crippen molar-refractivity contribution in [3.8, 4) is 11.8 Å². The lowest BCUT2D eigenvalue weighted by Crippen LogP contribution is -2.23. The standard InChI is InChI=1S/C19H25N3O4/c1-13(24)20-7-4-5-19-17(11-21-14(2)25)9-16(6-8-23)10-18(19)12-22-15(3)26/h9-10,23H,6-8,11-12H2,1-3H3,(H,20,24)(H,21,25)(H,22,26). The van der Waals surface area contributed by atoms with E-state index >= 15 is 0 Å². The molecule has 1 rings (SSSR count). The molecule has 3 amide bonds. The molecule has 26 heavy (non-hydrogen) atoms. The Balaban J connectivity index is 3.27. The van der Waals surface area contributed by atoms with Gasteiger partial charge < -0.3 is 21.1 Å². The summed E-state index contributed by atoms with van der Waals surface area (Å²) in [6.45, 7) is 5.03. The summed E-state index contributed by atoms with van der Waals surface area (Å²) in [5.74, 6) is 5.40. The van der Waals surface area contributed by atoms with Crippen molar-refractivity contribution < 1.29 is 19.5 Å². The van der Waals surface area contributed by atoms with E-state index in [4.69, 9.17) is 0 Å². The fourth-order valence-corrected chi connectivity index (χ4v) is 2.29. The Hall–Kier alpha value is -2.85. The molecular weight excluding hydrogens is 334 g/mol. The Morgan fingerprint density at radius 1 is 0.923 bits per heavy atom. The minimum Gasteiger partial charge on any atom is -0.396 e. The van der Waals surface area contributed by atoms with Gasteiger partial charge in [0.05, 0.1) is 6.54 Å². The van der Waals surface area contributed by atoms with E-state index in [2.05, 4.69) is 27.8 Å². The molecule has 1 aromatic rings. The zero-order valence-electron chi connectivity index (χ0n) is 15.4. The molecule has 0 aliphatic heterocycles. The van der Waals surface area contributed by atoms with Crippen molar-refractivity contribution in [3.05, 3.63) is 34.4 Å². The van der Waals surface area contributed by atoms with Gasteiger partial charge >= 0.3 is 0 Å². The largest absolute Gasteiger partial charge is 0.396 e. The summed E-state index contributed by atoms with van der Waals surface area (Å²) in [6, 6.07) is 3.76. The lowest BCUT2D eigenvalue weighted by molar-refractivity contribution is -0.119. The van der Waals surface area contributed by atoms with Gasteiger partial charge in [-0.25, -0.2) is 0 Å². The molecule has 0 spiro atoms. The van der Waals surface area contributed by atoms with E-state index in [1.807, 2.05) is 12.1 Å². The van der Waals surface area contributed by atoms with Crippen LogP contribution in [0.1, 0.15) is 43.0 Å². The van der Waals surface area contributed by atoms with Crippen LogP contribution in [0, 0.1) is 11.8 Å². The number of rotatable bonds is 7. The van der Waals surface area contributed by atoms with Crippen molar-refractivity contribution in [2.75, 3.05) is 13.2 Å². The Kier molecular flexibility index (Phi) is 8.88. The predicted molar refractivity (Wildman–Crippen MR) is 97.8 cm³/mol. The summed E-state index contributed by atoms with van der Waals surface area (Å²) < 4.78 is 0. The summed E-state index contributed by atoms with van der Waals surface area (Å²) in [7, 11) is 0. The lowest BCUT2D eigenvalue weighted by atomic mass is 9.96. The number of carbonyl (C=O) groups is 3. The number of carbonyl (C=O) groups excluding carboxylic acids is 3. The highest BCUT2D eigenvalue weighted by atomic mass is 16.3. The first-order valence-corrected chi connectivity index (χ1v) is 8.31. The first kappa shape index (κ1) is 21.2. The highest BCUT2D eigenvalue weighted by Crippen LogP contribution is 2.18. The molecule has 0 atom stereocenters. The van der Waals surface area contributed by atoms with E-state index in [-0.39, 0.29) is 44.0 Å². The minimum atomic E-state index is -0.172. The van der Waals surface area contributed by atoms with Gasteiger partial charge in [0.15, 0.2) is 0 Å². The molecule has 0 saturated heterocycles. The molecular formula is C19H25N3O4. The molecule has 0 aliphatic rings. The summed E-state index contributed by atoms with van der Waals surface area (Å²) >= 11 is 0. The van der Waals surface area contributed by atoms with Crippen molar-refractivity contribution >= 4 is 17.7 Å². The average Bonchev–Trinajstić information content (AvgIpc) is 2.56. The van der Waals surface area contributed by atoms with E-state index in [0.29, 0.717) is 12.0 Å². The SMILES string of the molecule is CC(=O)NCC#Cc1c(CNC(C)=O)cc(CCO)cc1CNC(C)=O. The van der Waals surface area contributed by atoms with Crippen LogP contribution in [0.4, 0.5) is 0 Å². The monoisotopic (exact) mass is 359 g/mol. The first-order chi connectivity index (χ1) is 12.3. The van der Waals surface area contributed by atoms with E-state index in [1.54, 1.807) is 0 Å². The minimum absolute atomic E-state index is 0.00723.